The van der Waals surface area contributed by atoms with Crippen molar-refractivity contribution in [2.45, 2.75) is 33.4 Å². The zero-order valence-electron chi connectivity index (χ0n) is 19.2. The number of anilines is 1. The molecule has 0 aliphatic carbocycles. The minimum absolute atomic E-state index is 0.104. The molecule has 2 aromatic carbocycles. The number of carbonyl (C=O) groups excluding carboxylic acids is 2. The van der Waals surface area contributed by atoms with Crippen LogP contribution in [0, 0.1) is 20.8 Å². The number of Topliss-reactive ketones (excluding diaryl/α,β-unsaturated/α-hetero) is 1. The van der Waals surface area contributed by atoms with Gasteiger partial charge in [-0.1, -0.05) is 6.07 Å². The summed E-state index contributed by atoms with van der Waals surface area (Å²) < 4.78 is 5.22. The van der Waals surface area contributed by atoms with Gasteiger partial charge in [0.2, 0.25) is 5.91 Å². The van der Waals surface area contributed by atoms with Gasteiger partial charge in [0.05, 0.1) is 12.9 Å². The Morgan fingerprint density at radius 1 is 1.00 bits per heavy atom. The van der Waals surface area contributed by atoms with Crippen molar-refractivity contribution < 1.29 is 14.3 Å². The van der Waals surface area contributed by atoms with E-state index >= 15 is 0 Å². The van der Waals surface area contributed by atoms with Crippen LogP contribution in [0.4, 0.5) is 5.69 Å². The first-order valence-corrected chi connectivity index (χ1v) is 11.8. The normalized spacial score (nSPS) is 14.0. The summed E-state index contributed by atoms with van der Waals surface area (Å²) >= 11 is 1.63. The molecule has 1 fully saturated rings. The molecule has 1 saturated heterocycles. The Hall–Kier alpha value is -2.47. The predicted octanol–water partition coefficient (Wildman–Crippen LogP) is 4.41. The summed E-state index contributed by atoms with van der Waals surface area (Å²) in [6.45, 7) is 10.9. The highest BCUT2D eigenvalue weighted by Crippen LogP contribution is 2.27. The number of ether oxygens (including phenoxy) is 1. The second kappa shape index (κ2) is 10.2. The zero-order valence-corrected chi connectivity index (χ0v) is 20.0. The Kier molecular flexibility index (Phi) is 7.65. The molecule has 166 valence electrons. The number of thioether (sulfide) groups is 1. The third-order valence-electron chi connectivity index (χ3n) is 6.02. The van der Waals surface area contributed by atoms with E-state index in [9.17, 15) is 9.59 Å². The van der Waals surface area contributed by atoms with E-state index in [1.54, 1.807) is 25.8 Å². The van der Waals surface area contributed by atoms with Crippen molar-refractivity contribution >= 4 is 29.1 Å². The van der Waals surface area contributed by atoms with E-state index in [0.717, 1.165) is 60.1 Å². The van der Waals surface area contributed by atoms with Crippen LogP contribution in [-0.4, -0.2) is 55.6 Å². The fourth-order valence-corrected chi connectivity index (χ4v) is 5.44. The number of hydrogen-bond acceptors (Lipinski definition) is 5. The molecule has 0 N–H and O–H groups in total. The van der Waals surface area contributed by atoms with Crippen molar-refractivity contribution in [1.29, 1.82) is 0 Å². The molecule has 5 nitrogen and oxygen atoms in total. The number of ketones is 1. The Balaban J connectivity index is 1.52. The second-order valence-corrected chi connectivity index (χ2v) is 9.09. The van der Waals surface area contributed by atoms with Gasteiger partial charge in [0, 0.05) is 43.2 Å². The molecule has 31 heavy (non-hydrogen) atoms. The molecule has 0 aromatic heterocycles. The quantitative estimate of drug-likeness (QED) is 0.597. The smallest absolute Gasteiger partial charge is 0.232 e. The standard InChI is InChI=1S/C25H32N2O3S/c1-17-14-18(2)25(20(4)28)19(3)23(17)15-31-16-24(29)27-12-10-26(11-13-27)21-6-8-22(30-5)9-7-21/h6-9,14H,10-13,15-16H2,1-5H3. The molecule has 3 rings (SSSR count). The minimum atomic E-state index is 0.104. The highest BCUT2D eigenvalue weighted by atomic mass is 32.2. The summed E-state index contributed by atoms with van der Waals surface area (Å²) in [5.74, 6) is 2.35. The van der Waals surface area contributed by atoms with E-state index in [1.807, 2.05) is 30.9 Å². The SMILES string of the molecule is COc1ccc(N2CCN(C(=O)CSCc3c(C)cc(C)c(C(C)=O)c3C)CC2)cc1. The largest absolute Gasteiger partial charge is 0.497 e. The summed E-state index contributed by atoms with van der Waals surface area (Å²) in [5.41, 5.74) is 6.43. The van der Waals surface area contributed by atoms with Crippen molar-refractivity contribution in [3.05, 3.63) is 58.1 Å². The van der Waals surface area contributed by atoms with Crippen LogP contribution in [0.25, 0.3) is 0 Å². The van der Waals surface area contributed by atoms with E-state index in [0.29, 0.717) is 5.75 Å². The van der Waals surface area contributed by atoms with Crippen molar-refractivity contribution in [1.82, 2.24) is 4.90 Å². The van der Waals surface area contributed by atoms with Gasteiger partial charge in [0.25, 0.3) is 0 Å². The number of benzene rings is 2. The number of rotatable bonds is 7. The van der Waals surface area contributed by atoms with Crippen LogP contribution in [-0.2, 0) is 10.5 Å². The van der Waals surface area contributed by atoms with Crippen molar-refractivity contribution in [2.75, 3.05) is 43.9 Å². The molecule has 1 heterocycles. The van der Waals surface area contributed by atoms with Gasteiger partial charge in [0.1, 0.15) is 5.75 Å². The molecule has 1 aliphatic rings. The maximum Gasteiger partial charge on any atom is 0.232 e. The molecule has 2 aromatic rings. The van der Waals surface area contributed by atoms with Gasteiger partial charge in [-0.05, 0) is 74.2 Å². The summed E-state index contributed by atoms with van der Waals surface area (Å²) in [6.07, 6.45) is 0. The molecule has 1 aliphatic heterocycles. The maximum atomic E-state index is 12.7. The average Bonchev–Trinajstić information content (AvgIpc) is 2.75. The lowest BCUT2D eigenvalue weighted by atomic mass is 9.92. The molecule has 0 unspecified atom stereocenters. The fourth-order valence-electron chi connectivity index (χ4n) is 4.33. The van der Waals surface area contributed by atoms with Crippen molar-refractivity contribution in [3.8, 4) is 5.75 Å². The summed E-state index contributed by atoms with van der Waals surface area (Å²) in [5, 5.41) is 0. The number of carbonyl (C=O) groups is 2. The molecule has 0 spiro atoms. The molecule has 1 amide bonds. The number of aryl methyl sites for hydroxylation is 2. The first kappa shape index (κ1) is 23.2. The molecule has 0 radical (unpaired) electrons. The van der Waals surface area contributed by atoms with E-state index in [-0.39, 0.29) is 11.7 Å². The van der Waals surface area contributed by atoms with Crippen LogP contribution < -0.4 is 9.64 Å². The number of methoxy groups -OCH3 is 1. The van der Waals surface area contributed by atoms with Crippen molar-refractivity contribution in [2.24, 2.45) is 0 Å². The topological polar surface area (TPSA) is 49.9 Å². The minimum Gasteiger partial charge on any atom is -0.497 e. The van der Waals surface area contributed by atoms with Crippen LogP contribution in [0.1, 0.15) is 39.5 Å². The molecular formula is C25H32N2O3S. The molecule has 0 bridgehead atoms. The van der Waals surface area contributed by atoms with Crippen LogP contribution in [0.5, 0.6) is 5.75 Å². The van der Waals surface area contributed by atoms with E-state index in [2.05, 4.69) is 30.0 Å². The van der Waals surface area contributed by atoms with Gasteiger partial charge in [-0.25, -0.2) is 0 Å². The molecule has 0 atom stereocenters. The second-order valence-electron chi connectivity index (χ2n) is 8.10. The Morgan fingerprint density at radius 3 is 2.23 bits per heavy atom. The monoisotopic (exact) mass is 440 g/mol. The Labute approximate surface area is 189 Å². The first-order valence-electron chi connectivity index (χ1n) is 10.7. The zero-order chi connectivity index (χ0) is 22.5. The van der Waals surface area contributed by atoms with Crippen LogP contribution >= 0.6 is 11.8 Å². The summed E-state index contributed by atoms with van der Waals surface area (Å²) in [7, 11) is 1.67. The lowest BCUT2D eigenvalue weighted by Gasteiger charge is -2.36. The Morgan fingerprint density at radius 2 is 1.65 bits per heavy atom. The average molecular weight is 441 g/mol. The third-order valence-corrected chi connectivity index (χ3v) is 6.97. The van der Waals surface area contributed by atoms with Gasteiger partial charge >= 0.3 is 0 Å². The van der Waals surface area contributed by atoms with Crippen LogP contribution in [0.15, 0.2) is 30.3 Å². The number of hydrogen-bond donors (Lipinski definition) is 0. The van der Waals surface area contributed by atoms with Gasteiger partial charge in [-0.15, -0.1) is 11.8 Å². The summed E-state index contributed by atoms with van der Waals surface area (Å²) in [6, 6.07) is 10.1. The van der Waals surface area contributed by atoms with Crippen LogP contribution in [0.3, 0.4) is 0 Å². The van der Waals surface area contributed by atoms with Crippen LogP contribution in [0.2, 0.25) is 0 Å². The van der Waals surface area contributed by atoms with Gasteiger partial charge in [0.15, 0.2) is 5.78 Å². The van der Waals surface area contributed by atoms with E-state index in [4.69, 9.17) is 4.74 Å². The van der Waals surface area contributed by atoms with E-state index in [1.165, 1.54) is 11.1 Å². The van der Waals surface area contributed by atoms with E-state index < -0.39 is 0 Å². The van der Waals surface area contributed by atoms with Gasteiger partial charge in [-0.3, -0.25) is 9.59 Å². The molecular weight excluding hydrogens is 408 g/mol. The molecule has 0 saturated carbocycles. The fraction of sp³-hybridized carbons (Fsp3) is 0.440. The van der Waals surface area contributed by atoms with Crippen molar-refractivity contribution in [3.63, 3.8) is 0 Å². The lowest BCUT2D eigenvalue weighted by molar-refractivity contribution is -0.128. The highest BCUT2D eigenvalue weighted by molar-refractivity contribution is 7.99. The third kappa shape index (κ3) is 5.42. The maximum absolute atomic E-state index is 12.7. The molecule has 6 heteroatoms. The number of amides is 1. The Bertz CT molecular complexity index is 948. The predicted molar refractivity (Wildman–Crippen MR) is 129 cm³/mol. The van der Waals surface area contributed by atoms with Gasteiger partial charge in [-0.2, -0.15) is 0 Å². The summed E-state index contributed by atoms with van der Waals surface area (Å²) in [4.78, 5) is 29.0. The number of piperazine rings is 1. The first-order chi connectivity index (χ1) is 14.8. The number of nitrogens with zero attached hydrogens (tertiary/aromatic N) is 2. The lowest BCUT2D eigenvalue weighted by Crippen LogP contribution is -2.49. The highest BCUT2D eigenvalue weighted by Gasteiger charge is 2.22. The van der Waals surface area contributed by atoms with Gasteiger partial charge < -0.3 is 14.5 Å².